The zero-order valence-corrected chi connectivity index (χ0v) is 23.1. The molecule has 0 fully saturated rings. The molecule has 3 aromatic rings. The van der Waals surface area contributed by atoms with Crippen molar-refractivity contribution in [3.05, 3.63) is 71.6 Å². The Morgan fingerprint density at radius 1 is 0.970 bits per heavy atom. The molecule has 0 saturated carbocycles. The van der Waals surface area contributed by atoms with E-state index in [2.05, 4.69) is 59.7 Å². The number of benzene rings is 2. The first-order valence-corrected chi connectivity index (χ1v) is 11.0. The molecule has 1 radical (unpaired) electrons. The fourth-order valence-corrected chi connectivity index (χ4v) is 4.52. The molecule has 4 rings (SSSR count). The van der Waals surface area contributed by atoms with Crippen molar-refractivity contribution in [2.24, 2.45) is 5.41 Å². The molecule has 5 heteroatoms. The first-order valence-electron chi connectivity index (χ1n) is 11.0. The van der Waals surface area contributed by atoms with E-state index in [1.807, 2.05) is 30.5 Å². The molecule has 0 amide bonds. The molecule has 0 bridgehead atoms. The molecule has 1 aliphatic carbocycles. The Kier molecular flexibility index (Phi) is 7.72. The zero-order valence-electron chi connectivity index (χ0n) is 20.7. The van der Waals surface area contributed by atoms with Gasteiger partial charge in [-0.25, -0.2) is 0 Å². The van der Waals surface area contributed by atoms with Crippen LogP contribution >= 0.6 is 0 Å². The molecule has 2 aromatic carbocycles. The number of rotatable bonds is 2. The van der Waals surface area contributed by atoms with Crippen LogP contribution < -0.4 is 0 Å². The van der Waals surface area contributed by atoms with E-state index in [0.717, 1.165) is 22.3 Å². The van der Waals surface area contributed by atoms with E-state index in [-0.39, 0.29) is 47.9 Å². The maximum atomic E-state index is 10.0. The van der Waals surface area contributed by atoms with Crippen molar-refractivity contribution in [3.8, 4) is 11.3 Å². The van der Waals surface area contributed by atoms with Gasteiger partial charge in [0.25, 0.3) is 0 Å². The van der Waals surface area contributed by atoms with Crippen molar-refractivity contribution in [2.75, 3.05) is 0 Å². The summed E-state index contributed by atoms with van der Waals surface area (Å²) in [5.41, 5.74) is 6.93. The Labute approximate surface area is 210 Å². The number of aromatic nitrogens is 2. The van der Waals surface area contributed by atoms with Crippen LogP contribution in [0.15, 0.2) is 54.4 Å². The Hall–Kier alpha value is -2.36. The number of allylic oxidation sites excluding steroid dienone is 2. The van der Waals surface area contributed by atoms with Crippen LogP contribution in [0.4, 0.5) is 0 Å². The van der Waals surface area contributed by atoms with Gasteiger partial charge in [0.15, 0.2) is 5.78 Å². The average molecular weight is 622 g/mol. The third-order valence-corrected chi connectivity index (χ3v) is 7.55. The molecular weight excluding hydrogens is 589 g/mol. The van der Waals surface area contributed by atoms with Gasteiger partial charge < -0.3 is 5.11 Å². The van der Waals surface area contributed by atoms with Gasteiger partial charge in [-0.2, -0.15) is 0 Å². The van der Waals surface area contributed by atoms with E-state index in [0.29, 0.717) is 0 Å². The van der Waals surface area contributed by atoms with Gasteiger partial charge in [-0.15, -0.1) is 35.9 Å². The molecule has 0 spiro atoms. The number of aliphatic hydroxyl groups excluding tert-OH is 1. The fraction of sp³-hybridized carbons (Fsp3) is 0.393. The van der Waals surface area contributed by atoms with E-state index < -0.39 is 0 Å². The number of aliphatic hydroxyl groups is 1. The topological polar surface area (TPSA) is 63.1 Å². The summed E-state index contributed by atoms with van der Waals surface area (Å²) in [5.74, 6) is -0.0625. The minimum Gasteiger partial charge on any atom is -0.512 e. The first kappa shape index (κ1) is 26.9. The van der Waals surface area contributed by atoms with Crippen molar-refractivity contribution in [1.29, 1.82) is 0 Å². The number of fused-ring (bicyclic) bond motifs is 2. The molecule has 0 aliphatic heterocycles. The van der Waals surface area contributed by atoms with Crippen molar-refractivity contribution < 1.29 is 30.0 Å². The Morgan fingerprint density at radius 3 is 2.00 bits per heavy atom. The van der Waals surface area contributed by atoms with Crippen LogP contribution in [0.5, 0.6) is 0 Å². The van der Waals surface area contributed by atoms with Gasteiger partial charge in [0, 0.05) is 38.1 Å². The zero-order chi connectivity index (χ0) is 23.9. The number of carbonyl (C=O) groups excluding carboxylic acids is 1. The predicted molar refractivity (Wildman–Crippen MR) is 131 cm³/mol. The van der Waals surface area contributed by atoms with Gasteiger partial charge in [-0.3, -0.25) is 14.8 Å². The van der Waals surface area contributed by atoms with Crippen LogP contribution in [0, 0.1) is 11.5 Å². The molecule has 1 N–H and O–H groups in total. The maximum Gasteiger partial charge on any atom is 0.155 e. The molecule has 1 aromatic heterocycles. The number of nitrogens with zero attached hydrogens (tertiary/aromatic N) is 2. The number of hydrogen-bond acceptors (Lipinski definition) is 4. The molecule has 0 atom stereocenters. The minimum absolute atomic E-state index is 0. The minimum atomic E-state index is -0.125. The first-order chi connectivity index (χ1) is 14.8. The second kappa shape index (κ2) is 9.48. The van der Waals surface area contributed by atoms with Crippen molar-refractivity contribution >= 4 is 16.8 Å². The third kappa shape index (κ3) is 4.81. The Balaban J connectivity index is 0.000000423. The predicted octanol–water partition coefficient (Wildman–Crippen LogP) is 6.73. The normalized spacial score (nSPS) is 17.4. The largest absolute Gasteiger partial charge is 0.512 e. The van der Waals surface area contributed by atoms with Crippen LogP contribution in [0.1, 0.15) is 66.5 Å². The van der Waals surface area contributed by atoms with Crippen molar-refractivity contribution in [3.63, 3.8) is 0 Å². The van der Waals surface area contributed by atoms with Crippen LogP contribution in [0.25, 0.3) is 22.3 Å². The van der Waals surface area contributed by atoms with E-state index in [1.165, 1.54) is 31.1 Å². The molecule has 4 nitrogen and oxygen atoms in total. The quantitative estimate of drug-likeness (QED) is 0.196. The Bertz CT molecular complexity index is 1190. The molecule has 1 heterocycles. The SMILES string of the molecule is CC(=O)C=C(C)O.CC1(C)c2cc3ncc(-c4[c-]cccc4)nc3cc2C(C)(C)C1(C)C.[Ir]. The molecule has 0 saturated heterocycles. The number of ketones is 1. The Morgan fingerprint density at radius 2 is 1.55 bits per heavy atom. The maximum absolute atomic E-state index is 10.0. The van der Waals surface area contributed by atoms with Gasteiger partial charge in [0.05, 0.1) is 16.8 Å². The number of carbonyl (C=O) groups is 1. The van der Waals surface area contributed by atoms with Crippen LogP contribution in [-0.4, -0.2) is 20.9 Å². The fourth-order valence-electron chi connectivity index (χ4n) is 4.52. The van der Waals surface area contributed by atoms with Crippen LogP contribution in [0.2, 0.25) is 0 Å². The summed E-state index contributed by atoms with van der Waals surface area (Å²) < 4.78 is 0. The van der Waals surface area contributed by atoms with Crippen molar-refractivity contribution in [1.82, 2.24) is 9.97 Å². The summed E-state index contributed by atoms with van der Waals surface area (Å²) in [7, 11) is 0. The van der Waals surface area contributed by atoms with E-state index >= 15 is 0 Å². The average Bonchev–Trinajstić information content (AvgIpc) is 2.81. The smallest absolute Gasteiger partial charge is 0.155 e. The van der Waals surface area contributed by atoms with E-state index in [4.69, 9.17) is 15.1 Å². The second-order valence-electron chi connectivity index (χ2n) is 10.2. The second-order valence-corrected chi connectivity index (χ2v) is 10.2. The third-order valence-electron chi connectivity index (χ3n) is 7.55. The number of hydrogen-bond donors (Lipinski definition) is 1. The van der Waals surface area contributed by atoms with Gasteiger partial charge in [-0.1, -0.05) is 41.5 Å². The van der Waals surface area contributed by atoms with Gasteiger partial charge in [-0.05, 0) is 53.4 Å². The van der Waals surface area contributed by atoms with E-state index in [9.17, 15) is 4.79 Å². The molecular formula is C28H33IrN2O2-. The summed E-state index contributed by atoms with van der Waals surface area (Å²) in [6.07, 6.45) is 3.03. The van der Waals surface area contributed by atoms with Gasteiger partial charge in [0.2, 0.25) is 0 Å². The summed E-state index contributed by atoms with van der Waals surface area (Å²) >= 11 is 0. The molecule has 0 unspecified atom stereocenters. The molecule has 177 valence electrons. The molecule has 1 aliphatic rings. The summed E-state index contributed by atoms with van der Waals surface area (Å²) in [5, 5.41) is 8.36. The van der Waals surface area contributed by atoms with Gasteiger partial charge >= 0.3 is 0 Å². The summed E-state index contributed by atoms with van der Waals surface area (Å²) in [4.78, 5) is 19.6. The van der Waals surface area contributed by atoms with Gasteiger partial charge in [0.1, 0.15) is 0 Å². The van der Waals surface area contributed by atoms with Crippen molar-refractivity contribution in [2.45, 2.75) is 66.2 Å². The van der Waals surface area contributed by atoms with Crippen LogP contribution in [0.3, 0.4) is 0 Å². The summed E-state index contributed by atoms with van der Waals surface area (Å²) in [6, 6.07) is 15.7. The molecule has 33 heavy (non-hydrogen) atoms. The monoisotopic (exact) mass is 622 g/mol. The summed E-state index contributed by atoms with van der Waals surface area (Å²) in [6.45, 7) is 17.0. The standard InChI is InChI=1S/C23H25N2.C5H8O2.Ir/c1-21(2)16-12-18-19(13-17(16)22(3,4)23(21,5)6)25-20(14-24-18)15-10-8-7-9-11-15;1-4(6)3-5(2)7;/h7-10,12-14H,1-6H3;3,6H,1-2H3;/q-1;;. The van der Waals surface area contributed by atoms with Crippen LogP contribution in [-0.2, 0) is 35.7 Å². The van der Waals surface area contributed by atoms with E-state index in [1.54, 1.807) is 0 Å².